The van der Waals surface area contributed by atoms with E-state index in [-0.39, 0.29) is 0 Å². The standard InChI is InChI=1S/C19H22N2O2S3/c1-6-21(16-9-7-8-12(2)10-16)26(22,23)18-11-17(24-15(18)5)19-20-13(3)14(4)25-19/h7-11H,6H2,1-5H3. The van der Waals surface area contributed by atoms with Gasteiger partial charge in [0.1, 0.15) is 9.90 Å². The molecule has 3 aromatic rings. The van der Waals surface area contributed by atoms with Gasteiger partial charge in [0, 0.05) is 16.3 Å². The van der Waals surface area contributed by atoms with E-state index in [4.69, 9.17) is 0 Å². The summed E-state index contributed by atoms with van der Waals surface area (Å²) in [6.07, 6.45) is 0. The first-order chi connectivity index (χ1) is 12.2. The topological polar surface area (TPSA) is 50.3 Å². The Hall–Kier alpha value is -1.70. The number of rotatable bonds is 5. The number of benzene rings is 1. The van der Waals surface area contributed by atoms with Gasteiger partial charge in [-0.3, -0.25) is 4.31 Å². The fraction of sp³-hybridized carbons (Fsp3) is 0.316. The van der Waals surface area contributed by atoms with Crippen molar-refractivity contribution in [2.75, 3.05) is 10.8 Å². The average molecular weight is 407 g/mol. The Morgan fingerprint density at radius 2 is 1.77 bits per heavy atom. The summed E-state index contributed by atoms with van der Waals surface area (Å²) < 4.78 is 28.1. The lowest BCUT2D eigenvalue weighted by Crippen LogP contribution is -2.30. The summed E-state index contributed by atoms with van der Waals surface area (Å²) in [6.45, 7) is 10.1. The molecule has 0 unspecified atom stereocenters. The minimum absolute atomic E-state index is 0.367. The number of thiazole rings is 1. The van der Waals surface area contributed by atoms with Crippen LogP contribution >= 0.6 is 22.7 Å². The molecule has 0 amide bonds. The minimum atomic E-state index is -3.62. The largest absolute Gasteiger partial charge is 0.267 e. The number of hydrogen-bond acceptors (Lipinski definition) is 5. The van der Waals surface area contributed by atoms with Crippen LogP contribution in [0.4, 0.5) is 5.69 Å². The molecule has 138 valence electrons. The van der Waals surface area contributed by atoms with Gasteiger partial charge in [-0.1, -0.05) is 12.1 Å². The van der Waals surface area contributed by atoms with Gasteiger partial charge in [-0.15, -0.1) is 22.7 Å². The molecule has 7 heteroatoms. The van der Waals surface area contributed by atoms with Crippen LogP contribution in [0.25, 0.3) is 9.88 Å². The Morgan fingerprint density at radius 3 is 2.35 bits per heavy atom. The summed E-state index contributed by atoms with van der Waals surface area (Å²) in [5.41, 5.74) is 2.73. The number of aryl methyl sites for hydroxylation is 4. The maximum absolute atomic E-state index is 13.3. The van der Waals surface area contributed by atoms with E-state index in [9.17, 15) is 8.42 Å². The molecule has 2 heterocycles. The van der Waals surface area contributed by atoms with E-state index in [2.05, 4.69) is 4.98 Å². The zero-order valence-corrected chi connectivity index (χ0v) is 18.0. The first-order valence-electron chi connectivity index (χ1n) is 8.38. The second-order valence-electron chi connectivity index (χ2n) is 6.20. The summed E-state index contributed by atoms with van der Waals surface area (Å²) in [4.78, 5) is 7.79. The highest BCUT2D eigenvalue weighted by Crippen LogP contribution is 2.38. The van der Waals surface area contributed by atoms with Gasteiger partial charge in [0.2, 0.25) is 0 Å². The van der Waals surface area contributed by atoms with Crippen LogP contribution in [-0.4, -0.2) is 19.9 Å². The molecular weight excluding hydrogens is 384 g/mol. The molecule has 1 aromatic carbocycles. The van der Waals surface area contributed by atoms with Gasteiger partial charge >= 0.3 is 0 Å². The SMILES string of the molecule is CCN(c1cccc(C)c1)S(=O)(=O)c1cc(-c2nc(C)c(C)s2)sc1C. The number of hydrogen-bond donors (Lipinski definition) is 0. The predicted molar refractivity (Wildman–Crippen MR) is 111 cm³/mol. The molecule has 2 aromatic heterocycles. The van der Waals surface area contributed by atoms with Gasteiger partial charge in [0.05, 0.1) is 16.3 Å². The van der Waals surface area contributed by atoms with Crippen molar-refractivity contribution in [3.05, 3.63) is 51.3 Å². The van der Waals surface area contributed by atoms with Crippen molar-refractivity contribution >= 4 is 38.4 Å². The second kappa shape index (κ2) is 7.13. The summed E-state index contributed by atoms with van der Waals surface area (Å²) in [6, 6.07) is 9.35. The third-order valence-corrected chi connectivity index (χ3v) is 8.71. The monoisotopic (exact) mass is 406 g/mol. The molecule has 0 saturated carbocycles. The van der Waals surface area contributed by atoms with Crippen molar-refractivity contribution in [2.45, 2.75) is 39.5 Å². The molecule has 0 radical (unpaired) electrons. The van der Waals surface area contributed by atoms with Crippen molar-refractivity contribution in [1.29, 1.82) is 0 Å². The highest BCUT2D eigenvalue weighted by molar-refractivity contribution is 7.93. The predicted octanol–water partition coefficient (Wildman–Crippen LogP) is 5.32. The average Bonchev–Trinajstić information content (AvgIpc) is 3.11. The molecule has 0 N–H and O–H groups in total. The lowest BCUT2D eigenvalue weighted by Gasteiger charge is -2.23. The van der Waals surface area contributed by atoms with Gasteiger partial charge in [0.15, 0.2) is 0 Å². The smallest absolute Gasteiger partial charge is 0.265 e. The van der Waals surface area contributed by atoms with Crippen molar-refractivity contribution < 1.29 is 8.42 Å². The maximum Gasteiger partial charge on any atom is 0.265 e. The van der Waals surface area contributed by atoms with Crippen molar-refractivity contribution in [2.24, 2.45) is 0 Å². The third kappa shape index (κ3) is 3.43. The lowest BCUT2D eigenvalue weighted by molar-refractivity contribution is 0.592. The number of aromatic nitrogens is 1. The van der Waals surface area contributed by atoms with Gasteiger partial charge in [0.25, 0.3) is 10.0 Å². The highest BCUT2D eigenvalue weighted by atomic mass is 32.2. The van der Waals surface area contributed by atoms with Crippen LogP contribution in [0.15, 0.2) is 35.2 Å². The molecule has 0 aliphatic carbocycles. The van der Waals surface area contributed by atoms with Crippen LogP contribution in [-0.2, 0) is 10.0 Å². The van der Waals surface area contributed by atoms with E-state index in [1.54, 1.807) is 17.4 Å². The number of thiophene rings is 1. The zero-order chi connectivity index (χ0) is 19.1. The molecule has 0 spiro atoms. The molecule has 0 atom stereocenters. The molecular formula is C19H22N2O2S3. The van der Waals surface area contributed by atoms with Gasteiger partial charge in [-0.25, -0.2) is 13.4 Å². The van der Waals surface area contributed by atoms with Crippen LogP contribution in [0.5, 0.6) is 0 Å². The van der Waals surface area contributed by atoms with Crippen LogP contribution in [0.3, 0.4) is 0 Å². The van der Waals surface area contributed by atoms with E-state index in [0.29, 0.717) is 17.1 Å². The summed E-state index contributed by atoms with van der Waals surface area (Å²) in [5.74, 6) is 0. The maximum atomic E-state index is 13.3. The number of anilines is 1. The third-order valence-electron chi connectivity index (χ3n) is 4.26. The first-order valence-corrected chi connectivity index (χ1v) is 11.5. The van der Waals surface area contributed by atoms with Crippen molar-refractivity contribution in [3.8, 4) is 9.88 Å². The Morgan fingerprint density at radius 1 is 1.04 bits per heavy atom. The molecule has 0 bridgehead atoms. The summed E-state index contributed by atoms with van der Waals surface area (Å²) in [5, 5.41) is 0.883. The van der Waals surface area contributed by atoms with E-state index >= 15 is 0 Å². The second-order valence-corrected chi connectivity index (χ2v) is 10.5. The van der Waals surface area contributed by atoms with Gasteiger partial charge in [-0.05, 0) is 58.4 Å². The fourth-order valence-corrected chi connectivity index (χ4v) is 6.79. The zero-order valence-electron chi connectivity index (χ0n) is 15.5. The van der Waals surface area contributed by atoms with E-state index in [0.717, 1.165) is 30.9 Å². The van der Waals surface area contributed by atoms with Gasteiger partial charge in [-0.2, -0.15) is 0 Å². The quantitative estimate of drug-likeness (QED) is 0.576. The first kappa shape index (κ1) is 19.1. The van der Waals surface area contributed by atoms with E-state index in [1.165, 1.54) is 15.6 Å². The summed E-state index contributed by atoms with van der Waals surface area (Å²) in [7, 11) is -3.62. The molecule has 4 nitrogen and oxygen atoms in total. The Kier molecular flexibility index (Phi) is 5.23. The minimum Gasteiger partial charge on any atom is -0.267 e. The van der Waals surface area contributed by atoms with E-state index in [1.807, 2.05) is 58.9 Å². The molecule has 26 heavy (non-hydrogen) atoms. The molecule has 0 fully saturated rings. The van der Waals surface area contributed by atoms with Crippen LogP contribution in [0.2, 0.25) is 0 Å². The number of sulfonamides is 1. The van der Waals surface area contributed by atoms with Crippen LogP contribution < -0.4 is 4.31 Å². The van der Waals surface area contributed by atoms with Crippen LogP contribution in [0.1, 0.15) is 27.9 Å². The highest BCUT2D eigenvalue weighted by Gasteiger charge is 2.28. The van der Waals surface area contributed by atoms with E-state index < -0.39 is 10.0 Å². The molecule has 0 aliphatic rings. The summed E-state index contributed by atoms with van der Waals surface area (Å²) >= 11 is 3.09. The Labute approximate surface area is 163 Å². The molecule has 0 aliphatic heterocycles. The Bertz CT molecular complexity index is 1030. The Balaban J connectivity index is 2.06. The molecule has 3 rings (SSSR count). The van der Waals surface area contributed by atoms with Crippen molar-refractivity contribution in [1.82, 2.24) is 4.98 Å². The van der Waals surface area contributed by atoms with Crippen molar-refractivity contribution in [3.63, 3.8) is 0 Å². The van der Waals surface area contributed by atoms with Gasteiger partial charge < -0.3 is 0 Å². The normalized spacial score (nSPS) is 11.7. The number of nitrogens with zero attached hydrogens (tertiary/aromatic N) is 2. The fourth-order valence-electron chi connectivity index (χ4n) is 2.80. The van der Waals surface area contributed by atoms with Crippen LogP contribution in [0, 0.1) is 27.7 Å². The molecule has 0 saturated heterocycles. The lowest BCUT2D eigenvalue weighted by atomic mass is 10.2.